The van der Waals surface area contributed by atoms with Gasteiger partial charge >= 0.3 is 0 Å². The van der Waals surface area contributed by atoms with Gasteiger partial charge in [-0.1, -0.05) is 30.3 Å². The van der Waals surface area contributed by atoms with Crippen LogP contribution in [-0.4, -0.2) is 32.0 Å². The minimum atomic E-state index is -0.142. The van der Waals surface area contributed by atoms with Crippen LogP contribution in [-0.2, 0) is 13.2 Å². The van der Waals surface area contributed by atoms with Gasteiger partial charge in [-0.05, 0) is 13.0 Å². The predicted octanol–water partition coefficient (Wildman–Crippen LogP) is 3.68. The van der Waals surface area contributed by atoms with Crippen molar-refractivity contribution in [2.45, 2.75) is 20.1 Å². The molecular weight excluding hydrogens is 340 g/mol. The third-order valence-corrected chi connectivity index (χ3v) is 4.63. The van der Waals surface area contributed by atoms with Crippen molar-refractivity contribution in [1.29, 1.82) is 0 Å². The van der Waals surface area contributed by atoms with Crippen LogP contribution in [0, 0.1) is 0 Å². The zero-order valence-electron chi connectivity index (χ0n) is 15.3. The zero-order valence-corrected chi connectivity index (χ0v) is 15.3. The van der Waals surface area contributed by atoms with Crippen molar-refractivity contribution in [3.63, 3.8) is 0 Å². The summed E-state index contributed by atoms with van der Waals surface area (Å²) in [6.45, 7) is 2.60. The molecule has 6 nitrogen and oxygen atoms in total. The molecule has 0 aliphatic rings. The van der Waals surface area contributed by atoms with Crippen LogP contribution in [0.15, 0.2) is 55.0 Å². The lowest BCUT2D eigenvalue weighted by Crippen LogP contribution is -2.03. The molecule has 0 aliphatic heterocycles. The van der Waals surface area contributed by atoms with Crippen LogP contribution in [0.5, 0.6) is 5.75 Å². The van der Waals surface area contributed by atoms with E-state index in [2.05, 4.69) is 10.1 Å². The standard InChI is InChI=1S/C21H20N4O2/c1-3-25-21-17(12-23-25)19(15-9-16(27-2)11-22-10-15)18(13-26)20(24-21)14-7-5-4-6-8-14/h4-12,26H,3,13H2,1-2H3. The first-order valence-corrected chi connectivity index (χ1v) is 8.80. The maximum absolute atomic E-state index is 10.3. The average molecular weight is 360 g/mol. The smallest absolute Gasteiger partial charge is 0.159 e. The molecule has 0 unspecified atom stereocenters. The van der Waals surface area contributed by atoms with E-state index in [1.54, 1.807) is 25.7 Å². The molecule has 0 atom stereocenters. The summed E-state index contributed by atoms with van der Waals surface area (Å²) in [5.41, 5.74) is 4.97. The highest BCUT2D eigenvalue weighted by Gasteiger charge is 2.20. The number of hydrogen-bond acceptors (Lipinski definition) is 5. The fraction of sp³-hybridized carbons (Fsp3) is 0.190. The summed E-state index contributed by atoms with van der Waals surface area (Å²) in [7, 11) is 1.61. The number of aliphatic hydroxyl groups excluding tert-OH is 1. The number of aryl methyl sites for hydroxylation is 1. The van der Waals surface area contributed by atoms with E-state index in [1.807, 2.05) is 48.0 Å². The van der Waals surface area contributed by atoms with Gasteiger partial charge in [-0.2, -0.15) is 5.10 Å². The second-order valence-electron chi connectivity index (χ2n) is 6.15. The van der Waals surface area contributed by atoms with Gasteiger partial charge < -0.3 is 9.84 Å². The van der Waals surface area contributed by atoms with Gasteiger partial charge in [0.05, 0.1) is 31.8 Å². The molecule has 0 spiro atoms. The maximum atomic E-state index is 10.3. The number of aliphatic hydroxyl groups is 1. The molecule has 0 radical (unpaired) electrons. The third kappa shape index (κ3) is 2.94. The van der Waals surface area contributed by atoms with E-state index >= 15 is 0 Å². The third-order valence-electron chi connectivity index (χ3n) is 4.63. The molecule has 0 aliphatic carbocycles. The number of rotatable bonds is 5. The van der Waals surface area contributed by atoms with Gasteiger partial charge in [0.15, 0.2) is 5.65 Å². The lowest BCUT2D eigenvalue weighted by atomic mass is 9.95. The van der Waals surface area contributed by atoms with Crippen LogP contribution in [0.2, 0.25) is 0 Å². The Hall–Kier alpha value is -3.25. The van der Waals surface area contributed by atoms with Crippen molar-refractivity contribution in [3.8, 4) is 28.1 Å². The van der Waals surface area contributed by atoms with Gasteiger partial charge in [0.1, 0.15) is 5.75 Å². The van der Waals surface area contributed by atoms with E-state index in [0.717, 1.165) is 39.0 Å². The molecule has 136 valence electrons. The molecule has 0 fully saturated rings. The molecule has 0 saturated heterocycles. The van der Waals surface area contributed by atoms with Gasteiger partial charge in [-0.25, -0.2) is 9.67 Å². The molecule has 27 heavy (non-hydrogen) atoms. The van der Waals surface area contributed by atoms with Gasteiger partial charge in [-0.15, -0.1) is 0 Å². The van der Waals surface area contributed by atoms with Crippen molar-refractivity contribution in [1.82, 2.24) is 19.7 Å². The van der Waals surface area contributed by atoms with Crippen molar-refractivity contribution in [2.75, 3.05) is 7.11 Å². The van der Waals surface area contributed by atoms with Crippen LogP contribution in [0.25, 0.3) is 33.4 Å². The van der Waals surface area contributed by atoms with E-state index < -0.39 is 0 Å². The Morgan fingerprint density at radius 3 is 2.59 bits per heavy atom. The molecule has 6 heteroatoms. The highest BCUT2D eigenvalue weighted by Crippen LogP contribution is 2.37. The van der Waals surface area contributed by atoms with Crippen LogP contribution in [0.4, 0.5) is 0 Å². The normalized spacial score (nSPS) is 11.1. The summed E-state index contributed by atoms with van der Waals surface area (Å²) in [5.74, 6) is 0.658. The van der Waals surface area contributed by atoms with Crippen molar-refractivity contribution in [3.05, 3.63) is 60.6 Å². The summed E-state index contributed by atoms with van der Waals surface area (Å²) >= 11 is 0. The molecule has 0 bridgehead atoms. The Morgan fingerprint density at radius 1 is 1.07 bits per heavy atom. The molecule has 4 rings (SSSR count). The number of ether oxygens (including phenoxy) is 1. The Bertz CT molecular complexity index is 1090. The van der Waals surface area contributed by atoms with Crippen molar-refractivity contribution in [2.24, 2.45) is 0 Å². The Morgan fingerprint density at radius 2 is 1.89 bits per heavy atom. The van der Waals surface area contributed by atoms with E-state index in [1.165, 1.54) is 0 Å². The molecule has 4 aromatic rings. The summed E-state index contributed by atoms with van der Waals surface area (Å²) in [5, 5.41) is 15.6. The number of nitrogens with zero attached hydrogens (tertiary/aromatic N) is 4. The Balaban J connectivity index is 2.10. The van der Waals surface area contributed by atoms with E-state index in [-0.39, 0.29) is 6.61 Å². The number of fused-ring (bicyclic) bond motifs is 1. The Labute approximate surface area is 157 Å². The highest BCUT2D eigenvalue weighted by molar-refractivity contribution is 5.97. The maximum Gasteiger partial charge on any atom is 0.159 e. The fourth-order valence-corrected chi connectivity index (χ4v) is 3.34. The van der Waals surface area contributed by atoms with Crippen LogP contribution in [0.1, 0.15) is 12.5 Å². The molecule has 3 heterocycles. The number of aromatic nitrogens is 4. The predicted molar refractivity (Wildman–Crippen MR) is 104 cm³/mol. The number of pyridine rings is 2. The van der Waals surface area contributed by atoms with E-state index in [4.69, 9.17) is 9.72 Å². The quantitative estimate of drug-likeness (QED) is 0.588. The van der Waals surface area contributed by atoms with Gasteiger partial charge in [0.25, 0.3) is 0 Å². The van der Waals surface area contributed by atoms with Crippen LogP contribution < -0.4 is 4.74 Å². The molecule has 1 aromatic carbocycles. The van der Waals surface area contributed by atoms with E-state index in [0.29, 0.717) is 12.3 Å². The average Bonchev–Trinajstić information content (AvgIpc) is 3.15. The van der Waals surface area contributed by atoms with Gasteiger partial charge in [0, 0.05) is 40.4 Å². The van der Waals surface area contributed by atoms with Crippen molar-refractivity contribution < 1.29 is 9.84 Å². The topological polar surface area (TPSA) is 73.1 Å². The summed E-state index contributed by atoms with van der Waals surface area (Å²) in [6, 6.07) is 11.8. The first-order valence-electron chi connectivity index (χ1n) is 8.80. The lowest BCUT2D eigenvalue weighted by molar-refractivity contribution is 0.282. The molecule has 0 amide bonds. The summed E-state index contributed by atoms with van der Waals surface area (Å²) < 4.78 is 7.20. The first-order chi connectivity index (χ1) is 13.3. The largest absolute Gasteiger partial charge is 0.495 e. The number of methoxy groups -OCH3 is 1. The van der Waals surface area contributed by atoms with Crippen molar-refractivity contribution >= 4 is 11.0 Å². The number of hydrogen-bond donors (Lipinski definition) is 1. The van der Waals surface area contributed by atoms with Crippen LogP contribution in [0.3, 0.4) is 0 Å². The monoisotopic (exact) mass is 360 g/mol. The van der Waals surface area contributed by atoms with E-state index in [9.17, 15) is 5.11 Å². The second kappa shape index (κ2) is 7.17. The molecule has 0 saturated carbocycles. The zero-order chi connectivity index (χ0) is 18.8. The number of benzene rings is 1. The van der Waals surface area contributed by atoms with Crippen LogP contribution >= 0.6 is 0 Å². The SMILES string of the molecule is CCn1ncc2c(-c3cncc(OC)c3)c(CO)c(-c3ccccc3)nc21. The molecular formula is C21H20N4O2. The minimum absolute atomic E-state index is 0.142. The second-order valence-corrected chi connectivity index (χ2v) is 6.15. The summed E-state index contributed by atoms with van der Waals surface area (Å²) in [6.07, 6.45) is 5.23. The Kier molecular flexibility index (Phi) is 4.56. The minimum Gasteiger partial charge on any atom is -0.495 e. The molecule has 1 N–H and O–H groups in total. The van der Waals surface area contributed by atoms with Gasteiger partial charge in [0.2, 0.25) is 0 Å². The van der Waals surface area contributed by atoms with Gasteiger partial charge in [-0.3, -0.25) is 4.98 Å². The summed E-state index contributed by atoms with van der Waals surface area (Å²) in [4.78, 5) is 9.15. The lowest BCUT2D eigenvalue weighted by Gasteiger charge is -2.15. The first kappa shape index (κ1) is 17.2. The highest BCUT2D eigenvalue weighted by atomic mass is 16.5. The molecule has 3 aromatic heterocycles. The fourth-order valence-electron chi connectivity index (χ4n) is 3.34.